The highest BCUT2D eigenvalue weighted by atomic mass is 79.9. The number of nitrogens with zero attached hydrogens (tertiary/aromatic N) is 1. The summed E-state index contributed by atoms with van der Waals surface area (Å²) in [6.07, 6.45) is -0.666. The van der Waals surface area contributed by atoms with Gasteiger partial charge in [-0.05, 0) is 17.7 Å². The summed E-state index contributed by atoms with van der Waals surface area (Å²) in [7, 11) is 0. The Labute approximate surface area is 160 Å². The summed E-state index contributed by atoms with van der Waals surface area (Å²) in [4.78, 5) is 26.5. The number of halogens is 1. The number of carbonyl (C=O) groups is 2. The molecule has 0 aromatic heterocycles. The van der Waals surface area contributed by atoms with Gasteiger partial charge in [0.15, 0.2) is 0 Å². The van der Waals surface area contributed by atoms with E-state index in [1.165, 1.54) is 0 Å². The molecule has 2 aromatic rings. The molecule has 5 rings (SSSR count). The lowest BCUT2D eigenvalue weighted by Gasteiger charge is -2.40. The van der Waals surface area contributed by atoms with Crippen LogP contribution in [0.2, 0.25) is 0 Å². The lowest BCUT2D eigenvalue weighted by molar-refractivity contribution is -0.0180. The monoisotopic (exact) mass is 415 g/mol. The number of carbonyl (C=O) groups excluding carboxylic acids is 2. The molecule has 26 heavy (non-hydrogen) atoms. The van der Waals surface area contributed by atoms with Crippen molar-refractivity contribution < 1.29 is 19.1 Å². The third kappa shape index (κ3) is 3.09. The molecule has 1 aliphatic carbocycles. The maximum Gasteiger partial charge on any atom is 0.410 e. The Kier molecular flexibility index (Phi) is 4.68. The second-order valence-electron chi connectivity index (χ2n) is 6.53. The van der Waals surface area contributed by atoms with Gasteiger partial charge >= 0.3 is 12.1 Å². The number of esters is 1. The molecule has 6 heteroatoms. The zero-order valence-corrected chi connectivity index (χ0v) is 15.5. The minimum atomic E-state index is -0.371. The summed E-state index contributed by atoms with van der Waals surface area (Å²) in [6, 6.07) is 18.3. The predicted octanol–water partition coefficient (Wildman–Crippen LogP) is 3.63. The quantitative estimate of drug-likeness (QED) is 0.565. The molecular weight excluding hydrogens is 398 g/mol. The van der Waals surface area contributed by atoms with Crippen molar-refractivity contribution in [3.8, 4) is 0 Å². The summed E-state index contributed by atoms with van der Waals surface area (Å²) in [5, 5.41) is 0. The van der Waals surface area contributed by atoms with Crippen LogP contribution in [0.15, 0.2) is 60.7 Å². The van der Waals surface area contributed by atoms with Gasteiger partial charge in [-0.2, -0.15) is 0 Å². The normalized spacial score (nSPS) is 26.1. The van der Waals surface area contributed by atoms with Gasteiger partial charge in [-0.25, -0.2) is 9.59 Å². The minimum Gasteiger partial charge on any atom is -0.456 e. The van der Waals surface area contributed by atoms with Crippen LogP contribution < -0.4 is 0 Å². The minimum absolute atomic E-state index is 0.0944. The summed E-state index contributed by atoms with van der Waals surface area (Å²) in [5.41, 5.74) is 1.46. The number of hydrogen-bond acceptors (Lipinski definition) is 4. The fraction of sp³-hybridized carbons (Fsp3) is 0.300. The highest BCUT2D eigenvalue weighted by Gasteiger charge is 2.63. The first-order valence-electron chi connectivity index (χ1n) is 8.52. The van der Waals surface area contributed by atoms with Crippen LogP contribution in [-0.2, 0) is 16.1 Å². The van der Waals surface area contributed by atoms with Gasteiger partial charge in [0.25, 0.3) is 0 Å². The molecule has 1 amide bonds. The summed E-state index contributed by atoms with van der Waals surface area (Å²) in [6.45, 7) is 0.760. The third-order valence-electron chi connectivity index (χ3n) is 4.95. The van der Waals surface area contributed by atoms with Crippen LogP contribution in [0.3, 0.4) is 0 Å². The smallest absolute Gasteiger partial charge is 0.410 e. The van der Waals surface area contributed by atoms with Gasteiger partial charge in [-0.1, -0.05) is 64.5 Å². The Hall–Kier alpha value is -2.34. The van der Waals surface area contributed by atoms with Gasteiger partial charge in [0.1, 0.15) is 12.7 Å². The van der Waals surface area contributed by atoms with E-state index < -0.39 is 0 Å². The number of fused-ring (bicyclic) bond motifs is 1. The maximum absolute atomic E-state index is 12.4. The molecule has 4 atom stereocenters. The first-order valence-corrected chi connectivity index (χ1v) is 9.44. The van der Waals surface area contributed by atoms with Crippen molar-refractivity contribution >= 4 is 28.0 Å². The van der Waals surface area contributed by atoms with Crippen LogP contribution in [0.1, 0.15) is 15.9 Å². The van der Waals surface area contributed by atoms with E-state index in [0.717, 1.165) is 5.56 Å². The molecule has 3 aliphatic rings. The largest absolute Gasteiger partial charge is 0.456 e. The van der Waals surface area contributed by atoms with E-state index in [1.807, 2.05) is 36.4 Å². The van der Waals surface area contributed by atoms with Crippen LogP contribution in [-0.4, -0.2) is 40.5 Å². The van der Waals surface area contributed by atoms with Crippen molar-refractivity contribution in [1.82, 2.24) is 4.90 Å². The van der Waals surface area contributed by atoms with Gasteiger partial charge < -0.3 is 9.47 Å². The molecule has 2 bridgehead atoms. The van der Waals surface area contributed by atoms with Crippen molar-refractivity contribution in [3.05, 3.63) is 71.8 Å². The second-order valence-corrected chi connectivity index (χ2v) is 7.58. The average Bonchev–Trinajstić information content (AvgIpc) is 3.24. The van der Waals surface area contributed by atoms with E-state index >= 15 is 0 Å². The van der Waals surface area contributed by atoms with Gasteiger partial charge in [-0.3, -0.25) is 4.90 Å². The van der Waals surface area contributed by atoms with Crippen LogP contribution >= 0.6 is 15.9 Å². The standard InChI is InChI=1S/C20H18BrNO4/c21-16-15-11-22(20(24)25-12-13-7-3-1-4-8-13)17(16)18(15)26-19(23)14-9-5-2-6-10-14/h1-10,15-18H,11-12H2/t15-,16-,17+,18-/m1/s1. The molecule has 2 heterocycles. The van der Waals surface area contributed by atoms with Crippen LogP contribution in [0.5, 0.6) is 0 Å². The summed E-state index contributed by atoms with van der Waals surface area (Å²) < 4.78 is 11.1. The van der Waals surface area contributed by atoms with Crippen molar-refractivity contribution in [2.75, 3.05) is 6.54 Å². The zero-order chi connectivity index (χ0) is 18.1. The number of hydrogen-bond donors (Lipinski definition) is 0. The molecule has 0 N–H and O–H groups in total. The molecule has 1 saturated carbocycles. The van der Waals surface area contributed by atoms with Crippen LogP contribution in [0, 0.1) is 5.92 Å². The van der Waals surface area contributed by atoms with Crippen LogP contribution in [0.25, 0.3) is 0 Å². The van der Waals surface area contributed by atoms with Gasteiger partial charge in [0.05, 0.1) is 11.6 Å². The van der Waals surface area contributed by atoms with Crippen molar-refractivity contribution in [1.29, 1.82) is 0 Å². The molecule has 0 unspecified atom stereocenters. The molecule has 2 saturated heterocycles. The number of amides is 1. The topological polar surface area (TPSA) is 55.8 Å². The first kappa shape index (κ1) is 17.1. The van der Waals surface area contributed by atoms with Crippen molar-refractivity contribution in [2.24, 2.45) is 5.92 Å². The van der Waals surface area contributed by atoms with E-state index in [0.29, 0.717) is 12.1 Å². The van der Waals surface area contributed by atoms with Crippen LogP contribution in [0.4, 0.5) is 4.79 Å². The fourth-order valence-electron chi connectivity index (χ4n) is 3.55. The molecular formula is C20H18BrNO4. The molecule has 2 aromatic carbocycles. The summed E-state index contributed by atoms with van der Waals surface area (Å²) in [5.74, 6) is -0.263. The molecule has 2 aliphatic heterocycles. The van der Waals surface area contributed by atoms with E-state index in [-0.39, 0.29) is 41.6 Å². The fourth-order valence-corrected chi connectivity index (χ4v) is 4.60. The Morgan fingerprint density at radius 2 is 1.69 bits per heavy atom. The Balaban J connectivity index is 1.36. The third-order valence-corrected chi connectivity index (χ3v) is 6.17. The second kappa shape index (κ2) is 7.11. The zero-order valence-electron chi connectivity index (χ0n) is 14.0. The van der Waals surface area contributed by atoms with Crippen molar-refractivity contribution in [3.63, 3.8) is 0 Å². The Morgan fingerprint density at radius 1 is 1.04 bits per heavy atom. The number of rotatable bonds is 4. The lowest BCUT2D eigenvalue weighted by Crippen LogP contribution is -2.56. The molecule has 3 fully saturated rings. The van der Waals surface area contributed by atoms with E-state index in [4.69, 9.17) is 9.47 Å². The highest BCUT2D eigenvalue weighted by Crippen LogP contribution is 2.48. The lowest BCUT2D eigenvalue weighted by atomic mass is 9.82. The van der Waals surface area contributed by atoms with Gasteiger partial charge in [0, 0.05) is 17.3 Å². The van der Waals surface area contributed by atoms with Gasteiger partial charge in [-0.15, -0.1) is 0 Å². The van der Waals surface area contributed by atoms with Crippen molar-refractivity contribution in [2.45, 2.75) is 23.6 Å². The molecule has 5 nitrogen and oxygen atoms in total. The number of alkyl halides is 1. The SMILES string of the molecule is O=C(O[C@@H]1[C@@H]2CN(C(=O)OCc3ccccc3)[C@H]1[C@@H]2Br)c1ccccc1. The molecule has 0 spiro atoms. The van der Waals surface area contributed by atoms with Gasteiger partial charge in [0.2, 0.25) is 0 Å². The average molecular weight is 416 g/mol. The van der Waals surface area contributed by atoms with E-state index in [1.54, 1.807) is 29.2 Å². The number of benzene rings is 2. The summed E-state index contributed by atoms with van der Waals surface area (Å²) >= 11 is 3.60. The van der Waals surface area contributed by atoms with E-state index in [2.05, 4.69) is 15.9 Å². The Bertz CT molecular complexity index is 798. The molecule has 134 valence electrons. The Morgan fingerprint density at radius 3 is 2.38 bits per heavy atom. The number of ether oxygens (including phenoxy) is 2. The maximum atomic E-state index is 12.4. The first-order chi connectivity index (χ1) is 12.6. The molecule has 0 radical (unpaired) electrons. The highest BCUT2D eigenvalue weighted by molar-refractivity contribution is 9.09. The van der Waals surface area contributed by atoms with E-state index in [9.17, 15) is 9.59 Å². The predicted molar refractivity (Wildman–Crippen MR) is 99.0 cm³/mol.